The fourth-order valence-electron chi connectivity index (χ4n) is 0. The molecule has 0 radical (unpaired) electrons. The Hall–Kier alpha value is 0.870. The molecule has 34 valence electrons. The van der Waals surface area contributed by atoms with Crippen LogP contribution in [0.15, 0.2) is 0 Å². The van der Waals surface area contributed by atoms with E-state index in [1.54, 1.807) is 0 Å². The van der Waals surface area contributed by atoms with Gasteiger partial charge in [0, 0.05) is 0 Å². The van der Waals surface area contributed by atoms with Crippen LogP contribution in [0.2, 0.25) is 0 Å². The summed E-state index contributed by atoms with van der Waals surface area (Å²) in [6.45, 7) is 3.08. The Morgan fingerprint density at radius 1 is 1.80 bits per heavy atom. The van der Waals surface area contributed by atoms with Crippen LogP contribution < -0.4 is 5.09 Å². The lowest BCUT2D eigenvalue weighted by Gasteiger charge is -1.75. The van der Waals surface area contributed by atoms with E-state index in [1.807, 2.05) is 6.92 Å². The molecule has 0 aromatic heterocycles. The smallest absolute Gasteiger partial charge is 0.00429 e. The topological polar surface area (TPSA) is 12.0 Å². The first-order valence-electron chi connectivity index (χ1n) is 1.35. The molecule has 0 bridgehead atoms. The van der Waals surface area contributed by atoms with E-state index in [2.05, 4.69) is 14.5 Å². The summed E-state index contributed by atoms with van der Waals surface area (Å²) in [4.78, 5) is 0. The lowest BCUT2D eigenvalue weighted by molar-refractivity contribution is 1.04. The summed E-state index contributed by atoms with van der Waals surface area (Å²) >= 11 is 0. The Balaban J connectivity index is 0. The minimum absolute atomic E-state index is 0. The zero-order valence-electron chi connectivity index (χ0n) is 3.19. The third-order valence-corrected chi connectivity index (χ3v) is 0.612. The van der Waals surface area contributed by atoms with Gasteiger partial charge in [-0.15, -0.1) is 17.0 Å². The van der Waals surface area contributed by atoms with Crippen molar-refractivity contribution in [2.24, 2.45) is 0 Å². The van der Waals surface area contributed by atoms with Crippen LogP contribution in [0.4, 0.5) is 0 Å². The SMILES string of the molecule is Br.CCNP. The molecule has 0 aromatic carbocycles. The molecule has 5 heavy (non-hydrogen) atoms. The molecular weight excluding hydrogens is 149 g/mol. The van der Waals surface area contributed by atoms with Crippen LogP contribution in [0.5, 0.6) is 0 Å². The Bertz CT molecular complexity index is 11.6. The first-order valence-corrected chi connectivity index (χ1v) is 1.93. The van der Waals surface area contributed by atoms with Gasteiger partial charge < -0.3 is 5.09 Å². The monoisotopic (exact) mass is 157 g/mol. The zero-order valence-corrected chi connectivity index (χ0v) is 6.06. The molecule has 0 aliphatic carbocycles. The molecule has 1 N–H and O–H groups in total. The van der Waals surface area contributed by atoms with Crippen LogP contribution >= 0.6 is 26.4 Å². The highest BCUT2D eigenvalue weighted by atomic mass is 79.9. The molecule has 0 saturated carbocycles. The predicted molar refractivity (Wildman–Crippen MR) is 33.7 cm³/mol. The van der Waals surface area contributed by atoms with Crippen LogP contribution in [0.3, 0.4) is 0 Å². The molecule has 0 aromatic rings. The number of halogens is 1. The van der Waals surface area contributed by atoms with Crippen molar-refractivity contribution in [3.05, 3.63) is 0 Å². The van der Waals surface area contributed by atoms with Crippen LogP contribution in [0, 0.1) is 0 Å². The standard InChI is InChI=1S/C2H8NP.BrH/c1-2-3-4;/h3H,2,4H2,1H3;1H. The van der Waals surface area contributed by atoms with E-state index in [1.165, 1.54) is 0 Å². The van der Waals surface area contributed by atoms with Gasteiger partial charge in [-0.3, -0.25) is 0 Å². The molecule has 0 aliphatic heterocycles. The molecule has 0 fully saturated rings. The molecule has 0 heterocycles. The van der Waals surface area contributed by atoms with Gasteiger partial charge in [0.15, 0.2) is 0 Å². The van der Waals surface area contributed by atoms with E-state index in [9.17, 15) is 0 Å². The van der Waals surface area contributed by atoms with Crippen LogP contribution in [-0.4, -0.2) is 6.54 Å². The van der Waals surface area contributed by atoms with Crippen molar-refractivity contribution < 1.29 is 0 Å². The van der Waals surface area contributed by atoms with Gasteiger partial charge in [0.05, 0.1) is 0 Å². The maximum atomic E-state index is 2.85. The first kappa shape index (κ1) is 9.30. The molecular formula is C2H9BrNP. The summed E-state index contributed by atoms with van der Waals surface area (Å²) in [6.07, 6.45) is 0. The second-order valence-corrected chi connectivity index (χ2v) is 0.966. The largest absolute Gasteiger partial charge is 0.301 e. The molecule has 0 aliphatic rings. The highest BCUT2D eigenvalue weighted by molar-refractivity contribution is 8.93. The van der Waals surface area contributed by atoms with E-state index in [4.69, 9.17) is 0 Å². The second kappa shape index (κ2) is 8.85. The van der Waals surface area contributed by atoms with Gasteiger partial charge >= 0.3 is 0 Å². The highest BCUT2D eigenvalue weighted by Gasteiger charge is 1.50. The highest BCUT2D eigenvalue weighted by Crippen LogP contribution is 1.59. The van der Waals surface area contributed by atoms with E-state index >= 15 is 0 Å². The van der Waals surface area contributed by atoms with E-state index in [0.717, 1.165) is 6.54 Å². The van der Waals surface area contributed by atoms with Crippen LogP contribution in [-0.2, 0) is 0 Å². The Morgan fingerprint density at radius 2 is 2.00 bits per heavy atom. The molecule has 1 nitrogen and oxygen atoms in total. The van der Waals surface area contributed by atoms with Crippen molar-refractivity contribution >= 4 is 26.4 Å². The summed E-state index contributed by atoms with van der Waals surface area (Å²) in [5.41, 5.74) is 0. The average Bonchev–Trinajstić information content (AvgIpc) is 1.37. The zero-order chi connectivity index (χ0) is 3.41. The Morgan fingerprint density at radius 3 is 2.00 bits per heavy atom. The Kier molecular flexibility index (Phi) is 16.5. The fourth-order valence-corrected chi connectivity index (χ4v) is 0. The molecule has 0 spiro atoms. The van der Waals surface area contributed by atoms with Gasteiger partial charge in [0.25, 0.3) is 0 Å². The minimum atomic E-state index is 0. The molecule has 0 amide bonds. The number of nitrogens with one attached hydrogen (secondary N) is 1. The lowest BCUT2D eigenvalue weighted by atomic mass is 10.8. The Labute approximate surface area is 45.6 Å². The van der Waals surface area contributed by atoms with Gasteiger partial charge in [0.1, 0.15) is 0 Å². The van der Waals surface area contributed by atoms with Crippen LogP contribution in [0.25, 0.3) is 0 Å². The minimum Gasteiger partial charge on any atom is -0.301 e. The summed E-state index contributed by atoms with van der Waals surface area (Å²) in [5.74, 6) is 0. The maximum Gasteiger partial charge on any atom is -0.00429 e. The average molecular weight is 158 g/mol. The molecule has 0 saturated heterocycles. The predicted octanol–water partition coefficient (Wildman–Crippen LogP) is 0.964. The van der Waals surface area contributed by atoms with Gasteiger partial charge in [-0.1, -0.05) is 16.3 Å². The lowest BCUT2D eigenvalue weighted by Crippen LogP contribution is -1.90. The van der Waals surface area contributed by atoms with E-state index in [0.29, 0.717) is 0 Å². The van der Waals surface area contributed by atoms with E-state index < -0.39 is 0 Å². The molecule has 1 atom stereocenters. The van der Waals surface area contributed by atoms with Crippen molar-refractivity contribution in [2.75, 3.05) is 6.54 Å². The van der Waals surface area contributed by atoms with Crippen LogP contribution in [0.1, 0.15) is 6.92 Å². The second-order valence-electron chi connectivity index (χ2n) is 0.558. The molecule has 1 unspecified atom stereocenters. The molecule has 3 heteroatoms. The van der Waals surface area contributed by atoms with Crippen molar-refractivity contribution in [3.63, 3.8) is 0 Å². The fraction of sp³-hybridized carbons (Fsp3) is 1.00. The van der Waals surface area contributed by atoms with E-state index in [-0.39, 0.29) is 17.0 Å². The number of hydrogen-bond donors (Lipinski definition) is 1. The number of rotatable bonds is 1. The van der Waals surface area contributed by atoms with Crippen molar-refractivity contribution in [1.29, 1.82) is 0 Å². The van der Waals surface area contributed by atoms with Gasteiger partial charge in [-0.25, -0.2) is 0 Å². The van der Waals surface area contributed by atoms with Gasteiger partial charge in [-0.2, -0.15) is 0 Å². The maximum absolute atomic E-state index is 2.85. The summed E-state index contributed by atoms with van der Waals surface area (Å²) in [5, 5.41) is 2.85. The summed E-state index contributed by atoms with van der Waals surface area (Å²) < 4.78 is 0. The third kappa shape index (κ3) is 11.5. The van der Waals surface area contributed by atoms with Crippen molar-refractivity contribution in [2.45, 2.75) is 6.92 Å². The van der Waals surface area contributed by atoms with Gasteiger partial charge in [-0.05, 0) is 6.54 Å². The quantitative estimate of drug-likeness (QED) is 0.560. The number of hydrogen-bond acceptors (Lipinski definition) is 1. The van der Waals surface area contributed by atoms with Crippen molar-refractivity contribution in [3.8, 4) is 0 Å². The summed E-state index contributed by atoms with van der Waals surface area (Å²) in [6, 6.07) is 0. The summed E-state index contributed by atoms with van der Waals surface area (Å²) in [7, 11) is 2.41. The molecule has 0 rings (SSSR count). The normalized spacial score (nSPS) is 6.00. The van der Waals surface area contributed by atoms with Crippen molar-refractivity contribution in [1.82, 2.24) is 5.09 Å². The first-order chi connectivity index (χ1) is 1.91. The van der Waals surface area contributed by atoms with Gasteiger partial charge in [0.2, 0.25) is 0 Å². The third-order valence-electron chi connectivity index (χ3n) is 0.204.